The topological polar surface area (TPSA) is 57.1 Å². The normalized spacial score (nSPS) is 10.4. The maximum Gasteiger partial charge on any atom is 0.219 e. The highest BCUT2D eigenvalue weighted by Crippen LogP contribution is 2.27. The Morgan fingerprint density at radius 2 is 1.41 bits per heavy atom. The van der Waals surface area contributed by atoms with Crippen molar-refractivity contribution in [2.75, 3.05) is 7.11 Å². The van der Waals surface area contributed by atoms with E-state index in [1.54, 1.807) is 13.3 Å². The van der Waals surface area contributed by atoms with Crippen LogP contribution in [0.3, 0.4) is 0 Å². The Labute approximate surface area is 157 Å². The third kappa shape index (κ3) is 3.93. The van der Waals surface area contributed by atoms with Crippen molar-refractivity contribution in [1.29, 1.82) is 0 Å². The summed E-state index contributed by atoms with van der Waals surface area (Å²) in [6.07, 6.45) is 1.75. The molecule has 0 N–H and O–H groups in total. The van der Waals surface area contributed by atoms with Crippen LogP contribution in [0.25, 0.3) is 22.6 Å². The van der Waals surface area contributed by atoms with Gasteiger partial charge in [0, 0.05) is 23.9 Å². The van der Waals surface area contributed by atoms with E-state index >= 15 is 0 Å². The zero-order chi connectivity index (χ0) is 18.5. The minimum Gasteiger partial charge on any atom is -0.481 e. The van der Waals surface area contributed by atoms with Crippen molar-refractivity contribution in [2.45, 2.75) is 0 Å². The second-order valence-corrected chi connectivity index (χ2v) is 5.77. The first kappa shape index (κ1) is 16.7. The maximum atomic E-state index is 5.96. The van der Waals surface area contributed by atoms with Gasteiger partial charge in [-0.25, -0.2) is 9.97 Å². The average Bonchev–Trinajstić information content (AvgIpc) is 2.75. The van der Waals surface area contributed by atoms with Crippen LogP contribution in [0.4, 0.5) is 0 Å². The van der Waals surface area contributed by atoms with Gasteiger partial charge < -0.3 is 9.47 Å². The van der Waals surface area contributed by atoms with Crippen LogP contribution in [-0.2, 0) is 0 Å². The summed E-state index contributed by atoms with van der Waals surface area (Å²) in [5.41, 5.74) is 3.32. The highest BCUT2D eigenvalue weighted by atomic mass is 16.5. The van der Waals surface area contributed by atoms with E-state index in [1.165, 1.54) is 0 Å². The number of hydrogen-bond acceptors (Lipinski definition) is 5. The molecule has 0 saturated heterocycles. The highest BCUT2D eigenvalue weighted by molar-refractivity contribution is 5.62. The summed E-state index contributed by atoms with van der Waals surface area (Å²) < 4.78 is 11.2. The molecule has 0 amide bonds. The van der Waals surface area contributed by atoms with E-state index in [4.69, 9.17) is 9.47 Å². The van der Waals surface area contributed by atoms with Gasteiger partial charge in [0.05, 0.1) is 24.2 Å². The Morgan fingerprint density at radius 3 is 2.22 bits per heavy atom. The van der Waals surface area contributed by atoms with E-state index in [-0.39, 0.29) is 0 Å². The fraction of sp³-hybridized carbons (Fsp3) is 0.0455. The average molecular weight is 355 g/mol. The lowest BCUT2D eigenvalue weighted by molar-refractivity contribution is 0.398. The van der Waals surface area contributed by atoms with Gasteiger partial charge in [0.25, 0.3) is 0 Å². The first-order valence-corrected chi connectivity index (χ1v) is 8.49. The van der Waals surface area contributed by atoms with E-state index in [9.17, 15) is 0 Å². The van der Waals surface area contributed by atoms with E-state index in [0.29, 0.717) is 17.5 Å². The molecule has 4 rings (SSSR count). The Hall–Kier alpha value is -3.73. The van der Waals surface area contributed by atoms with Crippen LogP contribution in [0.1, 0.15) is 0 Å². The summed E-state index contributed by atoms with van der Waals surface area (Å²) >= 11 is 0. The van der Waals surface area contributed by atoms with Crippen LogP contribution in [-0.4, -0.2) is 22.1 Å². The summed E-state index contributed by atoms with van der Waals surface area (Å²) in [6.45, 7) is 0. The number of hydrogen-bond donors (Lipinski definition) is 0. The van der Waals surface area contributed by atoms with Crippen LogP contribution < -0.4 is 9.47 Å². The monoisotopic (exact) mass is 355 g/mol. The minimum absolute atomic E-state index is 0.508. The van der Waals surface area contributed by atoms with Gasteiger partial charge in [0.15, 0.2) is 0 Å². The second kappa shape index (κ2) is 7.66. The fourth-order valence-electron chi connectivity index (χ4n) is 2.66. The Balaban J connectivity index is 1.60. The third-order valence-electron chi connectivity index (χ3n) is 3.94. The van der Waals surface area contributed by atoms with Gasteiger partial charge >= 0.3 is 0 Å². The van der Waals surface area contributed by atoms with Crippen LogP contribution in [0.2, 0.25) is 0 Å². The molecule has 1 aromatic carbocycles. The quantitative estimate of drug-likeness (QED) is 0.504. The largest absolute Gasteiger partial charge is 0.481 e. The lowest BCUT2D eigenvalue weighted by Gasteiger charge is -2.09. The first-order valence-electron chi connectivity index (χ1n) is 8.49. The number of benzene rings is 1. The standard InChI is InChI=1S/C22H17N3O2/c1-26-21-12-5-10-18(24-21)16-7-4-8-17(15-16)27-22-13-6-11-20(25-22)19-9-2-3-14-23-19/h2-15H,1H3. The molecule has 0 aliphatic carbocycles. The highest BCUT2D eigenvalue weighted by Gasteiger charge is 2.06. The van der Waals surface area contributed by atoms with Crippen molar-refractivity contribution in [3.63, 3.8) is 0 Å². The molecule has 5 heteroatoms. The van der Waals surface area contributed by atoms with Crippen molar-refractivity contribution >= 4 is 0 Å². The van der Waals surface area contributed by atoms with Gasteiger partial charge in [-0.3, -0.25) is 4.98 Å². The molecule has 0 fully saturated rings. The lowest BCUT2D eigenvalue weighted by Crippen LogP contribution is -1.92. The molecule has 0 aliphatic heterocycles. The van der Waals surface area contributed by atoms with Gasteiger partial charge in [0.1, 0.15) is 5.75 Å². The summed E-state index contributed by atoms with van der Waals surface area (Å²) in [5, 5.41) is 0. The number of pyridine rings is 3. The van der Waals surface area contributed by atoms with Crippen molar-refractivity contribution in [2.24, 2.45) is 0 Å². The summed E-state index contributed by atoms with van der Waals surface area (Å²) in [6, 6.07) is 24.7. The molecule has 3 heterocycles. The molecule has 132 valence electrons. The van der Waals surface area contributed by atoms with E-state index in [1.807, 2.05) is 78.9 Å². The van der Waals surface area contributed by atoms with E-state index in [2.05, 4.69) is 15.0 Å². The Morgan fingerprint density at radius 1 is 0.667 bits per heavy atom. The third-order valence-corrected chi connectivity index (χ3v) is 3.94. The van der Waals surface area contributed by atoms with Gasteiger partial charge in [-0.05, 0) is 36.4 Å². The molecular formula is C22H17N3O2. The van der Waals surface area contributed by atoms with Crippen molar-refractivity contribution in [3.8, 4) is 40.2 Å². The molecule has 0 spiro atoms. The minimum atomic E-state index is 0.508. The lowest BCUT2D eigenvalue weighted by atomic mass is 10.1. The number of methoxy groups -OCH3 is 1. The van der Waals surface area contributed by atoms with Gasteiger partial charge in [0.2, 0.25) is 11.8 Å². The second-order valence-electron chi connectivity index (χ2n) is 5.77. The molecule has 0 unspecified atom stereocenters. The molecule has 0 saturated carbocycles. The molecule has 5 nitrogen and oxygen atoms in total. The maximum absolute atomic E-state index is 5.96. The first-order chi connectivity index (χ1) is 13.3. The van der Waals surface area contributed by atoms with Crippen molar-refractivity contribution in [3.05, 3.63) is 85.1 Å². The molecule has 0 radical (unpaired) electrons. The molecule has 3 aromatic heterocycles. The number of rotatable bonds is 5. The van der Waals surface area contributed by atoms with Gasteiger partial charge in [-0.15, -0.1) is 0 Å². The van der Waals surface area contributed by atoms with Crippen LogP contribution in [0, 0.1) is 0 Å². The van der Waals surface area contributed by atoms with Gasteiger partial charge in [-0.2, -0.15) is 0 Å². The van der Waals surface area contributed by atoms with E-state index in [0.717, 1.165) is 22.6 Å². The smallest absolute Gasteiger partial charge is 0.219 e. The Kier molecular flexibility index (Phi) is 4.74. The van der Waals surface area contributed by atoms with Crippen molar-refractivity contribution < 1.29 is 9.47 Å². The fourth-order valence-corrected chi connectivity index (χ4v) is 2.66. The van der Waals surface area contributed by atoms with Crippen LogP contribution in [0.15, 0.2) is 85.1 Å². The number of nitrogens with zero attached hydrogens (tertiary/aromatic N) is 3. The zero-order valence-electron chi connectivity index (χ0n) is 14.7. The molecule has 0 aliphatic rings. The molecule has 0 bridgehead atoms. The van der Waals surface area contributed by atoms with Crippen LogP contribution >= 0.6 is 0 Å². The van der Waals surface area contributed by atoms with Crippen molar-refractivity contribution in [1.82, 2.24) is 15.0 Å². The van der Waals surface area contributed by atoms with Gasteiger partial charge in [-0.1, -0.05) is 30.3 Å². The number of aromatic nitrogens is 3. The predicted octanol–water partition coefficient (Wildman–Crippen LogP) is 5.01. The molecular weight excluding hydrogens is 338 g/mol. The SMILES string of the molecule is COc1cccc(-c2cccc(Oc3cccc(-c4ccccn4)n3)c2)n1. The summed E-state index contributed by atoms with van der Waals surface area (Å²) in [5.74, 6) is 1.76. The number of ether oxygens (including phenoxy) is 2. The van der Waals surface area contributed by atoms with E-state index < -0.39 is 0 Å². The molecule has 4 aromatic rings. The summed E-state index contributed by atoms with van der Waals surface area (Å²) in [4.78, 5) is 13.3. The Bertz CT molecular complexity index is 1050. The predicted molar refractivity (Wildman–Crippen MR) is 104 cm³/mol. The molecule has 0 atom stereocenters. The van der Waals surface area contributed by atoms with Crippen LogP contribution in [0.5, 0.6) is 17.5 Å². The summed E-state index contributed by atoms with van der Waals surface area (Å²) in [7, 11) is 1.60. The zero-order valence-corrected chi connectivity index (χ0v) is 14.7. The molecule has 27 heavy (non-hydrogen) atoms.